The molecular formula is C31H32FN3O5. The largest absolute Gasteiger partial charge is 0.494 e. The van der Waals surface area contributed by atoms with Gasteiger partial charge in [-0.25, -0.2) is 9.38 Å². The second kappa shape index (κ2) is 12.1. The van der Waals surface area contributed by atoms with E-state index >= 15 is 0 Å². The molecule has 1 aromatic heterocycles. The molecular weight excluding hydrogens is 513 g/mol. The van der Waals surface area contributed by atoms with Gasteiger partial charge in [0.1, 0.15) is 11.4 Å². The number of carboxylic acid groups (broad SMARTS) is 1. The Bertz CT molecular complexity index is 1530. The van der Waals surface area contributed by atoms with Crippen LogP contribution in [0.15, 0.2) is 71.7 Å². The molecule has 3 aromatic carbocycles. The first-order valence-electron chi connectivity index (χ1n) is 12.9. The molecule has 0 unspecified atom stereocenters. The van der Waals surface area contributed by atoms with E-state index in [9.17, 15) is 19.1 Å². The zero-order valence-corrected chi connectivity index (χ0v) is 22.6. The number of aryl methyl sites for hydroxylation is 1. The van der Waals surface area contributed by atoms with Crippen LogP contribution in [0.5, 0.6) is 5.88 Å². The van der Waals surface area contributed by atoms with E-state index in [1.165, 1.54) is 12.1 Å². The van der Waals surface area contributed by atoms with Crippen LogP contribution in [0.3, 0.4) is 0 Å². The number of aliphatic carboxylic acids is 1. The minimum atomic E-state index is -0.870. The molecule has 0 atom stereocenters. The summed E-state index contributed by atoms with van der Waals surface area (Å²) in [6, 6.07) is 19.0. The number of rotatable bonds is 10. The second-order valence-electron chi connectivity index (χ2n) is 10.4. The second-order valence-corrected chi connectivity index (χ2v) is 10.4. The summed E-state index contributed by atoms with van der Waals surface area (Å²) in [6.45, 7) is 6.01. The number of hydrogen-bond donors (Lipinski definition) is 4. The van der Waals surface area contributed by atoms with Gasteiger partial charge in [-0.3, -0.25) is 9.59 Å². The molecule has 0 aliphatic heterocycles. The summed E-state index contributed by atoms with van der Waals surface area (Å²) in [5.41, 5.74) is 3.91. The first-order valence-corrected chi connectivity index (χ1v) is 12.9. The van der Waals surface area contributed by atoms with E-state index in [1.807, 2.05) is 69.3 Å². The van der Waals surface area contributed by atoms with Crippen molar-refractivity contribution >= 4 is 34.2 Å². The number of esters is 1. The zero-order chi connectivity index (χ0) is 28.9. The maximum atomic E-state index is 13.9. The number of fused-ring (bicyclic) bond motifs is 1. The number of nitrogens with zero attached hydrogens (tertiary/aromatic N) is 1. The molecule has 4 aromatic rings. The molecule has 4 rings (SSSR count). The van der Waals surface area contributed by atoms with Crippen molar-refractivity contribution in [3.05, 3.63) is 94.8 Å². The fraction of sp³-hybridized carbons (Fsp3) is 0.258. The van der Waals surface area contributed by atoms with E-state index < -0.39 is 17.4 Å². The van der Waals surface area contributed by atoms with Crippen LogP contribution < -0.4 is 5.32 Å². The molecule has 8 nitrogen and oxygen atoms in total. The number of carboxylic acids is 1. The SMILES string of the molecule is CC(C)(C)OC(=O)CNCc1ccc(N=C(c2ccc(CCC(=O)O)cc2)c2c(O)[nH]c3cc(F)ccc23)cc1. The third-order valence-electron chi connectivity index (χ3n) is 6.03. The average molecular weight is 546 g/mol. The lowest BCUT2D eigenvalue weighted by molar-refractivity contribution is -0.153. The van der Waals surface area contributed by atoms with Gasteiger partial charge in [0.15, 0.2) is 5.88 Å². The number of carbonyl (C=O) groups excluding carboxylic acids is 1. The van der Waals surface area contributed by atoms with Crippen molar-refractivity contribution in [2.24, 2.45) is 4.99 Å². The smallest absolute Gasteiger partial charge is 0.320 e. The van der Waals surface area contributed by atoms with Gasteiger partial charge in [0.25, 0.3) is 0 Å². The fourth-order valence-electron chi connectivity index (χ4n) is 4.24. The molecule has 0 aliphatic carbocycles. The van der Waals surface area contributed by atoms with Gasteiger partial charge in [0.2, 0.25) is 0 Å². The lowest BCUT2D eigenvalue weighted by Gasteiger charge is -2.19. The van der Waals surface area contributed by atoms with E-state index in [0.29, 0.717) is 46.4 Å². The van der Waals surface area contributed by atoms with Gasteiger partial charge in [-0.2, -0.15) is 0 Å². The highest BCUT2D eigenvalue weighted by atomic mass is 19.1. The van der Waals surface area contributed by atoms with E-state index in [-0.39, 0.29) is 24.8 Å². The van der Waals surface area contributed by atoms with Gasteiger partial charge in [0.05, 0.1) is 29.0 Å². The van der Waals surface area contributed by atoms with E-state index in [2.05, 4.69) is 10.3 Å². The van der Waals surface area contributed by atoms with Gasteiger partial charge >= 0.3 is 11.9 Å². The van der Waals surface area contributed by atoms with Gasteiger partial charge in [-0.1, -0.05) is 36.4 Å². The van der Waals surface area contributed by atoms with Gasteiger partial charge in [0, 0.05) is 23.9 Å². The number of H-pyrrole nitrogens is 1. The Balaban J connectivity index is 1.62. The van der Waals surface area contributed by atoms with E-state index in [1.54, 1.807) is 6.07 Å². The van der Waals surface area contributed by atoms with Crippen molar-refractivity contribution in [3.8, 4) is 5.88 Å². The van der Waals surface area contributed by atoms with Crippen molar-refractivity contribution in [2.75, 3.05) is 6.54 Å². The Morgan fingerprint density at radius 2 is 1.68 bits per heavy atom. The van der Waals surface area contributed by atoms with E-state index in [0.717, 1.165) is 11.1 Å². The summed E-state index contributed by atoms with van der Waals surface area (Å²) in [5, 5.41) is 23.5. The number of benzene rings is 3. The molecule has 0 amide bonds. The van der Waals surface area contributed by atoms with Crippen LogP contribution in [-0.2, 0) is 27.3 Å². The molecule has 0 saturated heterocycles. The van der Waals surface area contributed by atoms with Crippen molar-refractivity contribution in [1.82, 2.24) is 10.3 Å². The molecule has 0 aliphatic rings. The molecule has 40 heavy (non-hydrogen) atoms. The van der Waals surface area contributed by atoms with Crippen molar-refractivity contribution in [2.45, 2.75) is 45.8 Å². The van der Waals surface area contributed by atoms with Crippen LogP contribution >= 0.6 is 0 Å². The van der Waals surface area contributed by atoms with Gasteiger partial charge < -0.3 is 25.3 Å². The highest BCUT2D eigenvalue weighted by molar-refractivity contribution is 6.21. The minimum absolute atomic E-state index is 0.0219. The average Bonchev–Trinajstić information content (AvgIpc) is 3.20. The topological polar surface area (TPSA) is 124 Å². The Morgan fingerprint density at radius 1 is 1.00 bits per heavy atom. The van der Waals surface area contributed by atoms with Crippen LogP contribution in [-0.4, -0.2) is 45.0 Å². The number of aliphatic imine (C=N–C) groups is 1. The van der Waals surface area contributed by atoms with Crippen LogP contribution in [0, 0.1) is 5.82 Å². The maximum Gasteiger partial charge on any atom is 0.320 e. The highest BCUT2D eigenvalue weighted by Gasteiger charge is 2.19. The molecule has 1 heterocycles. The Morgan fingerprint density at radius 3 is 2.33 bits per heavy atom. The zero-order valence-electron chi connectivity index (χ0n) is 22.6. The third kappa shape index (κ3) is 7.54. The number of carbonyl (C=O) groups is 2. The number of ether oxygens (including phenoxy) is 1. The van der Waals surface area contributed by atoms with Crippen LogP contribution in [0.25, 0.3) is 10.9 Å². The third-order valence-corrected chi connectivity index (χ3v) is 6.03. The molecule has 0 bridgehead atoms. The molecule has 0 saturated carbocycles. The quantitative estimate of drug-likeness (QED) is 0.151. The van der Waals surface area contributed by atoms with Crippen molar-refractivity contribution in [3.63, 3.8) is 0 Å². The van der Waals surface area contributed by atoms with Crippen LogP contribution in [0.2, 0.25) is 0 Å². The number of aromatic nitrogens is 1. The predicted octanol–water partition coefficient (Wildman–Crippen LogP) is 5.63. The summed E-state index contributed by atoms with van der Waals surface area (Å²) in [5.74, 6) is -1.77. The Kier molecular flexibility index (Phi) is 8.64. The normalized spacial score (nSPS) is 12.1. The molecule has 0 radical (unpaired) electrons. The number of aromatic hydroxyl groups is 1. The summed E-state index contributed by atoms with van der Waals surface area (Å²) < 4.78 is 19.2. The number of nitrogens with one attached hydrogen (secondary N) is 2. The first kappa shape index (κ1) is 28.5. The standard InChI is InChI=1S/C31H32FN3O5/c1-31(2,3)40-27(38)18-33-17-20-6-12-23(13-7-20)34-29(21-9-4-19(5-10-21)8-15-26(36)37)28-24-14-11-22(32)16-25(24)35-30(28)39/h4-7,9-14,16,33,35,39H,8,15,17-18H2,1-3H3,(H,36,37). The monoisotopic (exact) mass is 545 g/mol. The van der Waals surface area contributed by atoms with Crippen molar-refractivity contribution in [1.29, 1.82) is 0 Å². The fourth-order valence-corrected chi connectivity index (χ4v) is 4.24. The van der Waals surface area contributed by atoms with Gasteiger partial charge in [-0.05, 0) is 68.7 Å². The first-order chi connectivity index (χ1) is 19.0. The molecule has 0 spiro atoms. The van der Waals surface area contributed by atoms with Crippen LogP contribution in [0.4, 0.5) is 10.1 Å². The molecule has 9 heteroatoms. The summed E-state index contributed by atoms with van der Waals surface area (Å²) >= 11 is 0. The predicted molar refractivity (Wildman–Crippen MR) is 152 cm³/mol. The molecule has 4 N–H and O–H groups in total. The lowest BCUT2D eigenvalue weighted by atomic mass is 9.98. The Labute approximate surface area is 231 Å². The highest BCUT2D eigenvalue weighted by Crippen LogP contribution is 2.32. The van der Waals surface area contributed by atoms with Gasteiger partial charge in [-0.15, -0.1) is 0 Å². The Hall–Kier alpha value is -4.50. The summed E-state index contributed by atoms with van der Waals surface area (Å²) in [7, 11) is 0. The number of halogens is 1. The number of hydrogen-bond acceptors (Lipinski definition) is 6. The maximum absolute atomic E-state index is 13.9. The summed E-state index contributed by atoms with van der Waals surface area (Å²) in [6.07, 6.45) is 0.414. The molecule has 0 fully saturated rings. The lowest BCUT2D eigenvalue weighted by Crippen LogP contribution is -2.31. The van der Waals surface area contributed by atoms with Crippen LogP contribution in [0.1, 0.15) is 49.4 Å². The minimum Gasteiger partial charge on any atom is -0.494 e. The molecule has 208 valence electrons. The number of aromatic amines is 1. The van der Waals surface area contributed by atoms with E-state index in [4.69, 9.17) is 14.8 Å². The summed E-state index contributed by atoms with van der Waals surface area (Å²) in [4.78, 5) is 30.6. The van der Waals surface area contributed by atoms with Crippen molar-refractivity contribution < 1.29 is 28.9 Å².